The van der Waals surface area contributed by atoms with Gasteiger partial charge in [0.05, 0.1) is 13.2 Å². The van der Waals surface area contributed by atoms with Crippen LogP contribution in [0.5, 0.6) is 0 Å². The van der Waals surface area contributed by atoms with Crippen molar-refractivity contribution in [3.8, 4) is 0 Å². The van der Waals surface area contributed by atoms with E-state index in [4.69, 9.17) is 4.74 Å². The first-order valence-corrected chi connectivity index (χ1v) is 6.47. The molecule has 1 aliphatic heterocycles. The third-order valence-electron chi connectivity index (χ3n) is 2.62. The number of aliphatic imine (C=N–C) groups is 1. The zero-order valence-electron chi connectivity index (χ0n) is 10.2. The van der Waals surface area contributed by atoms with Crippen LogP contribution in [0.2, 0.25) is 0 Å². The normalized spacial score (nSPS) is 20.5. The van der Waals surface area contributed by atoms with Crippen LogP contribution in [0.1, 0.15) is 11.6 Å². The quantitative estimate of drug-likeness (QED) is 0.820. The summed E-state index contributed by atoms with van der Waals surface area (Å²) in [6.07, 6.45) is 0. The molecule has 1 atom stereocenters. The van der Waals surface area contributed by atoms with Crippen LogP contribution in [0.3, 0.4) is 0 Å². The number of halogens is 2. The Morgan fingerprint density at radius 3 is 3.05 bits per heavy atom. The number of hydrogen-bond donors (Lipinski definition) is 2. The molecule has 5 nitrogen and oxygen atoms in total. The van der Waals surface area contributed by atoms with Crippen molar-refractivity contribution < 1.29 is 13.9 Å². The Balaban J connectivity index is 2.16. The molecular weight excluding hydrogens is 317 g/mol. The van der Waals surface area contributed by atoms with Crippen LogP contribution in [0.15, 0.2) is 27.7 Å². The van der Waals surface area contributed by atoms with Gasteiger partial charge in [-0.1, -0.05) is 15.9 Å². The summed E-state index contributed by atoms with van der Waals surface area (Å²) in [6, 6.07) is 3.71. The average Bonchev–Trinajstić information content (AvgIpc) is 2.74. The minimum absolute atomic E-state index is 0.281. The number of nitrogens with one attached hydrogen (secondary N) is 2. The maximum absolute atomic E-state index is 13.7. The molecule has 0 radical (unpaired) electrons. The molecule has 0 aromatic heterocycles. The topological polar surface area (TPSA) is 62.7 Å². The van der Waals surface area contributed by atoms with Gasteiger partial charge in [0.15, 0.2) is 5.96 Å². The van der Waals surface area contributed by atoms with Crippen molar-refractivity contribution in [1.82, 2.24) is 10.6 Å². The van der Waals surface area contributed by atoms with Crippen molar-refractivity contribution in [2.24, 2.45) is 4.99 Å². The smallest absolute Gasteiger partial charge is 0.254 e. The van der Waals surface area contributed by atoms with Gasteiger partial charge in [0.25, 0.3) is 5.91 Å². The monoisotopic (exact) mass is 329 g/mol. The molecule has 1 unspecified atom stereocenters. The van der Waals surface area contributed by atoms with Crippen molar-refractivity contribution in [3.63, 3.8) is 0 Å². The molecule has 0 aliphatic carbocycles. The zero-order chi connectivity index (χ0) is 13.8. The van der Waals surface area contributed by atoms with Gasteiger partial charge >= 0.3 is 0 Å². The van der Waals surface area contributed by atoms with Gasteiger partial charge in [-0.3, -0.25) is 15.1 Å². The Kier molecular flexibility index (Phi) is 4.49. The molecule has 7 heteroatoms. The van der Waals surface area contributed by atoms with E-state index in [1.807, 2.05) is 0 Å². The van der Waals surface area contributed by atoms with E-state index in [-0.39, 0.29) is 11.5 Å². The second-order valence-electron chi connectivity index (χ2n) is 3.96. The van der Waals surface area contributed by atoms with Crippen LogP contribution >= 0.6 is 15.9 Å². The third kappa shape index (κ3) is 3.30. The predicted octanol–water partition coefficient (Wildman–Crippen LogP) is 1.35. The van der Waals surface area contributed by atoms with Crippen LogP contribution in [-0.2, 0) is 9.53 Å². The summed E-state index contributed by atoms with van der Waals surface area (Å²) in [6.45, 7) is 0.879. The predicted molar refractivity (Wildman–Crippen MR) is 72.3 cm³/mol. The molecule has 1 saturated heterocycles. The zero-order valence-corrected chi connectivity index (χ0v) is 11.8. The highest BCUT2D eigenvalue weighted by Gasteiger charge is 2.31. The number of amides is 1. The first-order valence-electron chi connectivity index (χ1n) is 5.67. The molecule has 102 valence electrons. The maximum Gasteiger partial charge on any atom is 0.254 e. The van der Waals surface area contributed by atoms with Gasteiger partial charge in [-0.05, 0) is 18.2 Å². The van der Waals surface area contributed by atoms with Gasteiger partial charge in [-0.25, -0.2) is 4.39 Å². The summed E-state index contributed by atoms with van der Waals surface area (Å²) < 4.78 is 19.3. The van der Waals surface area contributed by atoms with Crippen LogP contribution in [0.25, 0.3) is 0 Å². The lowest BCUT2D eigenvalue weighted by Gasteiger charge is -2.09. The lowest BCUT2D eigenvalue weighted by atomic mass is 10.1. The molecule has 1 amide bonds. The van der Waals surface area contributed by atoms with E-state index < -0.39 is 11.9 Å². The largest absolute Gasteiger partial charge is 0.383 e. The molecule has 1 aliphatic rings. The minimum atomic E-state index is -0.765. The van der Waals surface area contributed by atoms with E-state index in [9.17, 15) is 9.18 Å². The molecule has 1 aromatic rings. The molecule has 2 rings (SSSR count). The molecule has 1 aromatic carbocycles. The van der Waals surface area contributed by atoms with E-state index in [0.29, 0.717) is 23.6 Å². The van der Waals surface area contributed by atoms with Crippen molar-refractivity contribution in [3.05, 3.63) is 34.1 Å². The Morgan fingerprint density at radius 2 is 2.32 bits per heavy atom. The molecule has 0 spiro atoms. The Bertz CT molecular complexity index is 522. The standard InChI is InChI=1S/C12H13BrFN3O2/c1-19-5-4-15-12-16-10(11(18)17-12)8-6-7(13)2-3-9(8)14/h2-3,6,10H,4-5H2,1H3,(H2,15,16,17,18). The van der Waals surface area contributed by atoms with E-state index in [2.05, 4.69) is 31.6 Å². The molecule has 0 bridgehead atoms. The fourth-order valence-electron chi connectivity index (χ4n) is 1.72. The minimum Gasteiger partial charge on any atom is -0.383 e. The SMILES string of the molecule is COCCN=C1NC(=O)C(c2cc(Br)ccc2F)N1. The van der Waals surface area contributed by atoms with Crippen molar-refractivity contribution in [1.29, 1.82) is 0 Å². The maximum atomic E-state index is 13.7. The first kappa shape index (κ1) is 14.0. The summed E-state index contributed by atoms with van der Waals surface area (Å²) in [4.78, 5) is 15.9. The van der Waals surface area contributed by atoms with Gasteiger partial charge < -0.3 is 10.1 Å². The number of carbonyl (C=O) groups excluding carboxylic acids is 1. The van der Waals surface area contributed by atoms with Crippen LogP contribution < -0.4 is 10.6 Å². The average molecular weight is 330 g/mol. The number of ether oxygens (including phenoxy) is 1. The number of nitrogens with zero attached hydrogens (tertiary/aromatic N) is 1. The van der Waals surface area contributed by atoms with Gasteiger partial charge in [-0.15, -0.1) is 0 Å². The van der Waals surface area contributed by atoms with Gasteiger partial charge in [0, 0.05) is 17.1 Å². The summed E-state index contributed by atoms with van der Waals surface area (Å²) in [5, 5.41) is 5.43. The van der Waals surface area contributed by atoms with Crippen molar-refractivity contribution >= 4 is 27.8 Å². The number of rotatable bonds is 4. The van der Waals surface area contributed by atoms with Crippen LogP contribution in [0.4, 0.5) is 4.39 Å². The number of benzene rings is 1. The molecule has 1 heterocycles. The Labute approximate surface area is 118 Å². The van der Waals surface area contributed by atoms with E-state index in [0.717, 1.165) is 0 Å². The van der Waals surface area contributed by atoms with Gasteiger partial charge in [-0.2, -0.15) is 0 Å². The van der Waals surface area contributed by atoms with E-state index >= 15 is 0 Å². The lowest BCUT2D eigenvalue weighted by Crippen LogP contribution is -2.26. The summed E-state index contributed by atoms with van der Waals surface area (Å²) in [5.74, 6) is -0.423. The van der Waals surface area contributed by atoms with Gasteiger partial charge in [0.2, 0.25) is 0 Å². The molecular formula is C12H13BrFN3O2. The summed E-state index contributed by atoms with van der Waals surface area (Å²) >= 11 is 3.26. The summed E-state index contributed by atoms with van der Waals surface area (Å²) in [5.41, 5.74) is 0.281. The highest BCUT2D eigenvalue weighted by Crippen LogP contribution is 2.23. The Hall–Kier alpha value is -1.47. The number of carbonyl (C=O) groups is 1. The van der Waals surface area contributed by atoms with Gasteiger partial charge in [0.1, 0.15) is 11.9 Å². The molecule has 2 N–H and O–H groups in total. The first-order chi connectivity index (χ1) is 9.11. The third-order valence-corrected chi connectivity index (χ3v) is 3.11. The fraction of sp³-hybridized carbons (Fsp3) is 0.333. The highest BCUT2D eigenvalue weighted by molar-refractivity contribution is 9.10. The lowest BCUT2D eigenvalue weighted by molar-refractivity contribution is -0.120. The van der Waals surface area contributed by atoms with E-state index in [1.165, 1.54) is 6.07 Å². The second kappa shape index (κ2) is 6.12. The number of hydrogen-bond acceptors (Lipinski definition) is 3. The fourth-order valence-corrected chi connectivity index (χ4v) is 2.09. The Morgan fingerprint density at radius 1 is 1.53 bits per heavy atom. The van der Waals surface area contributed by atoms with Crippen LogP contribution in [-0.4, -0.2) is 32.1 Å². The van der Waals surface area contributed by atoms with Crippen molar-refractivity contribution in [2.75, 3.05) is 20.3 Å². The second-order valence-corrected chi connectivity index (χ2v) is 4.87. The molecule has 19 heavy (non-hydrogen) atoms. The number of guanidine groups is 1. The van der Waals surface area contributed by atoms with Crippen LogP contribution in [0, 0.1) is 5.82 Å². The number of methoxy groups -OCH3 is 1. The molecule has 0 saturated carbocycles. The van der Waals surface area contributed by atoms with Crippen molar-refractivity contribution in [2.45, 2.75) is 6.04 Å². The highest BCUT2D eigenvalue weighted by atomic mass is 79.9. The molecule has 1 fully saturated rings. The van der Waals surface area contributed by atoms with E-state index in [1.54, 1.807) is 19.2 Å². The summed E-state index contributed by atoms with van der Waals surface area (Å²) in [7, 11) is 1.57.